The number of nitrogens with zero attached hydrogens (tertiary/aromatic N) is 2. The van der Waals surface area contributed by atoms with Crippen LogP contribution >= 0.6 is 15.9 Å². The molecule has 1 aromatic heterocycles. The molecule has 0 aromatic carbocycles. The number of hydrogen-bond acceptors (Lipinski definition) is 2. The van der Waals surface area contributed by atoms with Gasteiger partial charge in [0, 0.05) is 29.0 Å². The van der Waals surface area contributed by atoms with Crippen LogP contribution in [0, 0.1) is 0 Å². The number of carbonyl (C=O) groups is 1. The lowest BCUT2D eigenvalue weighted by Gasteiger charge is -2.31. The normalized spacial score (nSPS) is 18.8. The molecule has 0 radical (unpaired) electrons. The molecule has 1 aliphatic rings. The number of rotatable bonds is 1. The number of pyridine rings is 1. The third-order valence-electron chi connectivity index (χ3n) is 3.10. The van der Waals surface area contributed by atoms with Crippen LogP contribution in [-0.2, 0) is 0 Å². The van der Waals surface area contributed by atoms with E-state index in [1.807, 2.05) is 11.0 Å². The summed E-state index contributed by atoms with van der Waals surface area (Å²) >= 11 is 3.33. The van der Waals surface area contributed by atoms with E-state index in [1.165, 1.54) is 0 Å². The van der Waals surface area contributed by atoms with E-state index in [1.54, 1.807) is 12.4 Å². The van der Waals surface area contributed by atoms with Crippen molar-refractivity contribution in [3.63, 3.8) is 0 Å². The van der Waals surface area contributed by atoms with Crippen LogP contribution < -0.4 is 0 Å². The lowest BCUT2D eigenvalue weighted by molar-refractivity contribution is 0.0651. The van der Waals surface area contributed by atoms with Crippen LogP contribution in [0.25, 0.3) is 0 Å². The monoisotopic (exact) mass is 282 g/mol. The van der Waals surface area contributed by atoms with E-state index in [4.69, 9.17) is 0 Å². The molecule has 0 aliphatic carbocycles. The molecule has 1 aliphatic heterocycles. The van der Waals surface area contributed by atoms with Crippen LogP contribution in [0.5, 0.6) is 0 Å². The summed E-state index contributed by atoms with van der Waals surface area (Å²) in [6, 6.07) is 1.82. The van der Waals surface area contributed by atoms with Gasteiger partial charge in [-0.15, -0.1) is 0 Å². The fraction of sp³-hybridized carbons (Fsp3) is 0.500. The van der Waals surface area contributed by atoms with Gasteiger partial charge < -0.3 is 4.90 Å². The molecule has 2 rings (SSSR count). The van der Waals surface area contributed by atoms with Gasteiger partial charge in [0.25, 0.3) is 5.91 Å². The Morgan fingerprint density at radius 2 is 2.25 bits per heavy atom. The van der Waals surface area contributed by atoms with E-state index in [2.05, 4.69) is 34.8 Å². The standard InChI is InChI=1S/C12H15BrN2O/c1-12(2)4-3-5-15(12)11(16)9-6-10(13)8-14-7-9/h6-8H,3-5H2,1-2H3. The number of carbonyl (C=O) groups excluding carboxylic acids is 1. The van der Waals surface area contributed by atoms with Crippen molar-refractivity contribution in [3.8, 4) is 0 Å². The van der Waals surface area contributed by atoms with Gasteiger partial charge >= 0.3 is 0 Å². The van der Waals surface area contributed by atoms with Crippen molar-refractivity contribution in [2.75, 3.05) is 6.54 Å². The predicted octanol–water partition coefficient (Wildman–Crippen LogP) is 2.86. The van der Waals surface area contributed by atoms with Gasteiger partial charge in [0.15, 0.2) is 0 Å². The average Bonchev–Trinajstić information content (AvgIpc) is 2.57. The molecule has 0 spiro atoms. The van der Waals surface area contributed by atoms with Crippen molar-refractivity contribution in [2.45, 2.75) is 32.2 Å². The number of aromatic nitrogens is 1. The Morgan fingerprint density at radius 1 is 1.50 bits per heavy atom. The molecule has 16 heavy (non-hydrogen) atoms. The maximum Gasteiger partial charge on any atom is 0.255 e. The van der Waals surface area contributed by atoms with Gasteiger partial charge in [-0.1, -0.05) is 0 Å². The topological polar surface area (TPSA) is 33.2 Å². The Morgan fingerprint density at radius 3 is 2.81 bits per heavy atom. The molecule has 86 valence electrons. The van der Waals surface area contributed by atoms with E-state index in [0.29, 0.717) is 5.56 Å². The summed E-state index contributed by atoms with van der Waals surface area (Å²) in [5, 5.41) is 0. The van der Waals surface area contributed by atoms with E-state index >= 15 is 0 Å². The fourth-order valence-electron chi connectivity index (χ4n) is 2.17. The van der Waals surface area contributed by atoms with Gasteiger partial charge in [-0.3, -0.25) is 9.78 Å². The summed E-state index contributed by atoms with van der Waals surface area (Å²) in [5.41, 5.74) is 0.628. The average molecular weight is 283 g/mol. The lowest BCUT2D eigenvalue weighted by atomic mass is 10.0. The summed E-state index contributed by atoms with van der Waals surface area (Å²) in [5.74, 6) is 0.0799. The Bertz CT molecular complexity index is 417. The van der Waals surface area contributed by atoms with Crippen LogP contribution in [0.3, 0.4) is 0 Å². The second-order valence-corrected chi connectivity index (χ2v) is 5.68. The molecule has 2 heterocycles. The quantitative estimate of drug-likeness (QED) is 0.794. The number of likely N-dealkylation sites (tertiary alicyclic amines) is 1. The van der Waals surface area contributed by atoms with Gasteiger partial charge in [0.05, 0.1) is 5.56 Å². The first kappa shape index (κ1) is 11.6. The molecule has 0 atom stereocenters. The van der Waals surface area contributed by atoms with Crippen molar-refractivity contribution in [1.82, 2.24) is 9.88 Å². The molecular weight excluding hydrogens is 268 g/mol. The number of halogens is 1. The molecule has 1 aromatic rings. The highest BCUT2D eigenvalue weighted by Gasteiger charge is 2.35. The first-order valence-corrected chi connectivity index (χ1v) is 6.22. The summed E-state index contributed by atoms with van der Waals surface area (Å²) in [4.78, 5) is 18.3. The predicted molar refractivity (Wildman–Crippen MR) is 66.3 cm³/mol. The molecule has 1 amide bonds. The summed E-state index contributed by atoms with van der Waals surface area (Å²) in [6.45, 7) is 5.07. The minimum absolute atomic E-state index is 0.0284. The lowest BCUT2D eigenvalue weighted by Crippen LogP contribution is -2.42. The Labute approximate surface area is 104 Å². The minimum Gasteiger partial charge on any atom is -0.333 e. The van der Waals surface area contributed by atoms with Gasteiger partial charge in [-0.2, -0.15) is 0 Å². The summed E-state index contributed by atoms with van der Waals surface area (Å²) < 4.78 is 0.843. The van der Waals surface area contributed by atoms with E-state index in [9.17, 15) is 4.79 Å². The van der Waals surface area contributed by atoms with Crippen LogP contribution in [0.4, 0.5) is 0 Å². The first-order chi connectivity index (χ1) is 7.50. The number of amides is 1. The third kappa shape index (κ3) is 2.12. The minimum atomic E-state index is -0.0284. The SMILES string of the molecule is CC1(C)CCCN1C(=O)c1cncc(Br)c1. The largest absolute Gasteiger partial charge is 0.333 e. The second kappa shape index (κ2) is 4.17. The highest BCUT2D eigenvalue weighted by Crippen LogP contribution is 2.29. The first-order valence-electron chi connectivity index (χ1n) is 5.43. The molecule has 3 nitrogen and oxygen atoms in total. The molecule has 1 saturated heterocycles. The third-order valence-corrected chi connectivity index (χ3v) is 3.53. The van der Waals surface area contributed by atoms with Crippen LogP contribution in [-0.4, -0.2) is 27.9 Å². The zero-order valence-corrected chi connectivity index (χ0v) is 11.1. The van der Waals surface area contributed by atoms with Crippen molar-refractivity contribution < 1.29 is 4.79 Å². The van der Waals surface area contributed by atoms with E-state index in [-0.39, 0.29) is 11.4 Å². The highest BCUT2D eigenvalue weighted by molar-refractivity contribution is 9.10. The maximum atomic E-state index is 12.3. The zero-order valence-electron chi connectivity index (χ0n) is 9.53. The van der Waals surface area contributed by atoms with E-state index in [0.717, 1.165) is 23.9 Å². The highest BCUT2D eigenvalue weighted by atomic mass is 79.9. The molecular formula is C12H15BrN2O. The zero-order chi connectivity index (χ0) is 11.8. The van der Waals surface area contributed by atoms with E-state index < -0.39 is 0 Å². The van der Waals surface area contributed by atoms with Crippen molar-refractivity contribution in [2.24, 2.45) is 0 Å². The van der Waals surface area contributed by atoms with Gasteiger partial charge in [0.2, 0.25) is 0 Å². The Balaban J connectivity index is 2.26. The number of hydrogen-bond donors (Lipinski definition) is 0. The second-order valence-electron chi connectivity index (χ2n) is 4.76. The summed E-state index contributed by atoms with van der Waals surface area (Å²) in [7, 11) is 0. The Hall–Kier alpha value is -0.900. The molecule has 0 saturated carbocycles. The summed E-state index contributed by atoms with van der Waals surface area (Å²) in [6.07, 6.45) is 5.47. The molecule has 0 N–H and O–H groups in total. The maximum absolute atomic E-state index is 12.3. The van der Waals surface area contributed by atoms with Crippen molar-refractivity contribution in [1.29, 1.82) is 0 Å². The van der Waals surface area contributed by atoms with Crippen LogP contribution in [0.2, 0.25) is 0 Å². The van der Waals surface area contributed by atoms with Crippen molar-refractivity contribution >= 4 is 21.8 Å². The Kier molecular flexibility index (Phi) is 3.02. The molecule has 4 heteroatoms. The smallest absolute Gasteiger partial charge is 0.255 e. The molecule has 0 bridgehead atoms. The van der Waals surface area contributed by atoms with Crippen LogP contribution in [0.15, 0.2) is 22.9 Å². The van der Waals surface area contributed by atoms with Gasteiger partial charge in [-0.25, -0.2) is 0 Å². The molecule has 1 fully saturated rings. The molecule has 0 unspecified atom stereocenters. The van der Waals surface area contributed by atoms with Crippen molar-refractivity contribution in [3.05, 3.63) is 28.5 Å². The van der Waals surface area contributed by atoms with Crippen LogP contribution in [0.1, 0.15) is 37.0 Å². The van der Waals surface area contributed by atoms with Gasteiger partial charge in [-0.05, 0) is 48.7 Å². The van der Waals surface area contributed by atoms with Gasteiger partial charge in [0.1, 0.15) is 0 Å². The fourth-order valence-corrected chi connectivity index (χ4v) is 2.53.